The van der Waals surface area contributed by atoms with E-state index in [1.54, 1.807) is 0 Å². The zero-order valence-corrected chi connectivity index (χ0v) is 8.09. The van der Waals surface area contributed by atoms with E-state index in [2.05, 4.69) is 37.8 Å². The predicted octanol–water partition coefficient (Wildman–Crippen LogP) is 4.03. The fraction of sp³-hybridized carbons (Fsp3) is 0.333. The van der Waals surface area contributed by atoms with E-state index in [9.17, 15) is 0 Å². The summed E-state index contributed by atoms with van der Waals surface area (Å²) in [5.74, 6) is 0. The molecule has 0 fully saturated rings. The van der Waals surface area contributed by atoms with Crippen LogP contribution in [0.5, 0.6) is 0 Å². The molecule has 0 aliphatic rings. The summed E-state index contributed by atoms with van der Waals surface area (Å²) in [7, 11) is 0. The SMILES string of the molecule is C=C(/C=C\C)C/C=C\C=C/CC. The molecule has 0 bridgehead atoms. The molecule has 0 spiro atoms. The van der Waals surface area contributed by atoms with Crippen LogP contribution in [0.4, 0.5) is 0 Å². The fourth-order valence-electron chi connectivity index (χ4n) is 0.816. The highest BCUT2D eigenvalue weighted by Gasteiger charge is 1.80. The minimum atomic E-state index is 0.943. The molecule has 0 aliphatic heterocycles. The largest absolute Gasteiger partial charge is 0.0955 e. The first-order valence-corrected chi connectivity index (χ1v) is 4.43. The van der Waals surface area contributed by atoms with Gasteiger partial charge in [0.1, 0.15) is 0 Å². The minimum absolute atomic E-state index is 0.943. The molecule has 66 valence electrons. The van der Waals surface area contributed by atoms with Gasteiger partial charge in [-0.05, 0) is 19.8 Å². The number of allylic oxidation sites excluding steroid dienone is 7. The first-order chi connectivity index (χ1) is 5.81. The van der Waals surface area contributed by atoms with Crippen molar-refractivity contribution in [1.82, 2.24) is 0 Å². The van der Waals surface area contributed by atoms with E-state index in [1.807, 2.05) is 19.1 Å². The maximum absolute atomic E-state index is 3.90. The molecule has 0 aromatic carbocycles. The Labute approximate surface area is 76.0 Å². The Balaban J connectivity index is 3.60. The summed E-state index contributed by atoms with van der Waals surface area (Å²) in [6, 6.07) is 0. The lowest BCUT2D eigenvalue weighted by molar-refractivity contribution is 1.22. The Morgan fingerprint density at radius 3 is 2.50 bits per heavy atom. The van der Waals surface area contributed by atoms with Crippen LogP contribution >= 0.6 is 0 Å². The molecule has 0 unspecified atom stereocenters. The second-order valence-corrected chi connectivity index (χ2v) is 2.63. The van der Waals surface area contributed by atoms with Crippen LogP contribution in [0, 0.1) is 0 Å². The van der Waals surface area contributed by atoms with Crippen molar-refractivity contribution in [3.63, 3.8) is 0 Å². The highest BCUT2D eigenvalue weighted by Crippen LogP contribution is 2.00. The van der Waals surface area contributed by atoms with E-state index >= 15 is 0 Å². The summed E-state index contributed by atoms with van der Waals surface area (Å²) in [4.78, 5) is 0. The molecule has 0 saturated heterocycles. The van der Waals surface area contributed by atoms with Gasteiger partial charge in [-0.15, -0.1) is 0 Å². The van der Waals surface area contributed by atoms with Crippen LogP contribution in [-0.2, 0) is 0 Å². The minimum Gasteiger partial charge on any atom is -0.0955 e. The van der Waals surface area contributed by atoms with Gasteiger partial charge in [0.25, 0.3) is 0 Å². The normalized spacial score (nSPS) is 12.2. The van der Waals surface area contributed by atoms with Gasteiger partial charge in [-0.2, -0.15) is 0 Å². The molecule has 0 aliphatic carbocycles. The number of rotatable bonds is 5. The van der Waals surface area contributed by atoms with Gasteiger partial charge in [-0.1, -0.05) is 55.5 Å². The van der Waals surface area contributed by atoms with Gasteiger partial charge >= 0.3 is 0 Å². The second kappa shape index (κ2) is 8.06. The first kappa shape index (κ1) is 11.0. The van der Waals surface area contributed by atoms with Crippen molar-refractivity contribution in [3.8, 4) is 0 Å². The molecule has 0 heteroatoms. The van der Waals surface area contributed by atoms with Gasteiger partial charge < -0.3 is 0 Å². The lowest BCUT2D eigenvalue weighted by Gasteiger charge is -1.89. The van der Waals surface area contributed by atoms with Crippen molar-refractivity contribution < 1.29 is 0 Å². The van der Waals surface area contributed by atoms with Crippen LogP contribution in [-0.4, -0.2) is 0 Å². The Hall–Kier alpha value is -1.04. The quantitative estimate of drug-likeness (QED) is 0.535. The van der Waals surface area contributed by atoms with Crippen LogP contribution in [0.2, 0.25) is 0 Å². The summed E-state index contributed by atoms with van der Waals surface area (Å²) < 4.78 is 0. The Morgan fingerprint density at radius 1 is 1.25 bits per heavy atom. The summed E-state index contributed by atoms with van der Waals surface area (Å²) in [6.45, 7) is 8.03. The molecular weight excluding hydrogens is 144 g/mol. The molecule has 0 N–H and O–H groups in total. The van der Waals surface area contributed by atoms with Crippen LogP contribution in [0.1, 0.15) is 26.7 Å². The monoisotopic (exact) mass is 162 g/mol. The topological polar surface area (TPSA) is 0 Å². The average molecular weight is 162 g/mol. The van der Waals surface area contributed by atoms with Crippen molar-refractivity contribution >= 4 is 0 Å². The fourth-order valence-corrected chi connectivity index (χ4v) is 0.816. The summed E-state index contributed by atoms with van der Waals surface area (Å²) in [5, 5.41) is 0. The van der Waals surface area contributed by atoms with Crippen molar-refractivity contribution in [2.75, 3.05) is 0 Å². The van der Waals surface area contributed by atoms with Gasteiger partial charge in [0.05, 0.1) is 0 Å². The standard InChI is InChI=1S/C12H18/c1-4-6-7-8-9-11-12(3)10-5-2/h5-10H,3-4,11H2,1-2H3/b7-6-,9-8-,10-5-. The zero-order valence-electron chi connectivity index (χ0n) is 8.09. The van der Waals surface area contributed by atoms with E-state index in [0.29, 0.717) is 0 Å². The smallest absolute Gasteiger partial charge is 0.0100 e. The average Bonchev–Trinajstić information content (AvgIpc) is 2.05. The van der Waals surface area contributed by atoms with Crippen LogP contribution in [0.25, 0.3) is 0 Å². The van der Waals surface area contributed by atoms with Crippen LogP contribution in [0.15, 0.2) is 48.6 Å². The molecular formula is C12H18. The maximum atomic E-state index is 3.90. The zero-order chi connectivity index (χ0) is 9.23. The number of hydrogen-bond acceptors (Lipinski definition) is 0. The highest BCUT2D eigenvalue weighted by atomic mass is 13.9. The van der Waals surface area contributed by atoms with Crippen molar-refractivity contribution in [2.24, 2.45) is 0 Å². The van der Waals surface area contributed by atoms with Crippen molar-refractivity contribution in [2.45, 2.75) is 26.7 Å². The molecule has 0 atom stereocenters. The van der Waals surface area contributed by atoms with E-state index in [-0.39, 0.29) is 0 Å². The third-order valence-corrected chi connectivity index (χ3v) is 1.40. The van der Waals surface area contributed by atoms with E-state index in [0.717, 1.165) is 18.4 Å². The molecule has 0 heterocycles. The molecule has 0 saturated carbocycles. The lowest BCUT2D eigenvalue weighted by atomic mass is 10.2. The molecule has 0 amide bonds. The third kappa shape index (κ3) is 7.07. The van der Waals surface area contributed by atoms with Crippen molar-refractivity contribution in [3.05, 3.63) is 48.6 Å². The molecule has 12 heavy (non-hydrogen) atoms. The Morgan fingerprint density at radius 2 is 1.92 bits per heavy atom. The third-order valence-electron chi connectivity index (χ3n) is 1.40. The Kier molecular flexibility index (Phi) is 7.36. The maximum Gasteiger partial charge on any atom is -0.0100 e. The Bertz CT molecular complexity index is 192. The van der Waals surface area contributed by atoms with E-state index < -0.39 is 0 Å². The van der Waals surface area contributed by atoms with E-state index in [1.165, 1.54) is 0 Å². The van der Waals surface area contributed by atoms with Gasteiger partial charge in [0, 0.05) is 0 Å². The lowest BCUT2D eigenvalue weighted by Crippen LogP contribution is -1.69. The van der Waals surface area contributed by atoms with Crippen LogP contribution in [0.3, 0.4) is 0 Å². The van der Waals surface area contributed by atoms with Gasteiger partial charge in [-0.25, -0.2) is 0 Å². The number of hydrogen-bond donors (Lipinski definition) is 0. The van der Waals surface area contributed by atoms with Gasteiger partial charge in [0.2, 0.25) is 0 Å². The van der Waals surface area contributed by atoms with Gasteiger partial charge in [-0.3, -0.25) is 0 Å². The van der Waals surface area contributed by atoms with Crippen LogP contribution < -0.4 is 0 Å². The van der Waals surface area contributed by atoms with Crippen molar-refractivity contribution in [1.29, 1.82) is 0 Å². The summed E-state index contributed by atoms with van der Waals surface area (Å²) >= 11 is 0. The molecule has 0 aromatic rings. The van der Waals surface area contributed by atoms with Gasteiger partial charge in [0.15, 0.2) is 0 Å². The van der Waals surface area contributed by atoms with E-state index in [4.69, 9.17) is 0 Å². The highest BCUT2D eigenvalue weighted by molar-refractivity contribution is 5.18. The summed E-state index contributed by atoms with van der Waals surface area (Å²) in [6.07, 6.45) is 14.5. The molecule has 0 aromatic heterocycles. The molecule has 0 radical (unpaired) electrons. The predicted molar refractivity (Wildman–Crippen MR) is 57.1 cm³/mol. The molecule has 0 rings (SSSR count). The second-order valence-electron chi connectivity index (χ2n) is 2.63. The molecule has 0 nitrogen and oxygen atoms in total. The first-order valence-electron chi connectivity index (χ1n) is 4.43. The summed E-state index contributed by atoms with van der Waals surface area (Å²) in [5.41, 5.74) is 1.15.